The normalized spacial score (nSPS) is 19.7. The van der Waals surface area contributed by atoms with Gasteiger partial charge in [-0.15, -0.1) is 0 Å². The number of nitrogens with two attached hydrogens (primary N) is 1. The fraction of sp³-hybridized carbons (Fsp3) is 0.538. The summed E-state index contributed by atoms with van der Waals surface area (Å²) in [6.07, 6.45) is 2.27. The zero-order valence-corrected chi connectivity index (χ0v) is 11.5. The highest BCUT2D eigenvalue weighted by molar-refractivity contribution is 7.92. The summed E-state index contributed by atoms with van der Waals surface area (Å²) >= 11 is 0. The number of fused-ring (bicyclic) bond motifs is 1. The highest BCUT2D eigenvalue weighted by Crippen LogP contribution is 2.34. The highest BCUT2D eigenvalue weighted by atomic mass is 32.2. The van der Waals surface area contributed by atoms with E-state index in [2.05, 4.69) is 0 Å². The monoisotopic (exact) mass is 268 g/mol. The first-order valence-corrected chi connectivity index (χ1v) is 8.02. The van der Waals surface area contributed by atoms with Crippen molar-refractivity contribution in [3.63, 3.8) is 0 Å². The van der Waals surface area contributed by atoms with Gasteiger partial charge in [0, 0.05) is 12.6 Å². The second-order valence-electron chi connectivity index (χ2n) is 4.70. The Bertz CT molecular complexity index is 513. The SMILES string of the molecule is CCCCS(=O)(=O)N1CCC(N)c2ccccc21. The Balaban J connectivity index is 2.34. The van der Waals surface area contributed by atoms with Gasteiger partial charge < -0.3 is 5.73 Å². The van der Waals surface area contributed by atoms with Crippen LogP contribution in [0.25, 0.3) is 0 Å². The maximum Gasteiger partial charge on any atom is 0.235 e. The van der Waals surface area contributed by atoms with Crippen LogP contribution < -0.4 is 10.0 Å². The summed E-state index contributed by atoms with van der Waals surface area (Å²) in [6.45, 7) is 2.49. The third-order valence-electron chi connectivity index (χ3n) is 3.34. The van der Waals surface area contributed by atoms with E-state index in [1.54, 1.807) is 0 Å². The van der Waals surface area contributed by atoms with Crippen molar-refractivity contribution in [2.24, 2.45) is 5.73 Å². The Morgan fingerprint density at radius 1 is 1.39 bits per heavy atom. The maximum atomic E-state index is 12.3. The van der Waals surface area contributed by atoms with Crippen LogP contribution in [0.3, 0.4) is 0 Å². The molecule has 0 bridgehead atoms. The van der Waals surface area contributed by atoms with Gasteiger partial charge in [-0.1, -0.05) is 31.5 Å². The topological polar surface area (TPSA) is 63.4 Å². The van der Waals surface area contributed by atoms with Crippen LogP contribution in [0.4, 0.5) is 5.69 Å². The predicted octanol–water partition coefficient (Wildman–Crippen LogP) is 2.03. The van der Waals surface area contributed by atoms with Crippen molar-refractivity contribution in [1.82, 2.24) is 0 Å². The predicted molar refractivity (Wildman–Crippen MR) is 74.0 cm³/mol. The van der Waals surface area contributed by atoms with Crippen LogP contribution in [-0.4, -0.2) is 20.7 Å². The molecule has 0 aromatic heterocycles. The number of benzene rings is 1. The van der Waals surface area contributed by atoms with Crippen molar-refractivity contribution in [3.05, 3.63) is 29.8 Å². The van der Waals surface area contributed by atoms with E-state index in [-0.39, 0.29) is 11.8 Å². The molecule has 2 rings (SSSR count). The molecule has 4 nitrogen and oxygen atoms in total. The first-order valence-electron chi connectivity index (χ1n) is 6.41. The molecule has 1 atom stereocenters. The molecule has 0 fully saturated rings. The van der Waals surface area contributed by atoms with Gasteiger partial charge in [-0.2, -0.15) is 0 Å². The van der Waals surface area contributed by atoms with Crippen LogP contribution in [0.2, 0.25) is 0 Å². The fourth-order valence-corrected chi connectivity index (χ4v) is 4.01. The van der Waals surface area contributed by atoms with Gasteiger partial charge in [-0.25, -0.2) is 8.42 Å². The smallest absolute Gasteiger partial charge is 0.235 e. The lowest BCUT2D eigenvalue weighted by Crippen LogP contribution is -2.39. The van der Waals surface area contributed by atoms with Gasteiger partial charge in [0.1, 0.15) is 0 Å². The van der Waals surface area contributed by atoms with Crippen molar-refractivity contribution < 1.29 is 8.42 Å². The lowest BCUT2D eigenvalue weighted by molar-refractivity contribution is 0.572. The number of anilines is 1. The molecule has 0 radical (unpaired) electrons. The van der Waals surface area contributed by atoms with Crippen LogP contribution in [0.5, 0.6) is 0 Å². The van der Waals surface area contributed by atoms with Gasteiger partial charge in [0.2, 0.25) is 10.0 Å². The molecule has 2 N–H and O–H groups in total. The Hall–Kier alpha value is -1.07. The third-order valence-corrected chi connectivity index (χ3v) is 5.20. The summed E-state index contributed by atoms with van der Waals surface area (Å²) in [5, 5.41) is 0. The number of nitrogens with zero attached hydrogens (tertiary/aromatic N) is 1. The molecule has 100 valence electrons. The zero-order valence-electron chi connectivity index (χ0n) is 10.7. The largest absolute Gasteiger partial charge is 0.324 e. The molecule has 1 heterocycles. The van der Waals surface area contributed by atoms with Crippen LogP contribution >= 0.6 is 0 Å². The maximum absolute atomic E-state index is 12.3. The van der Waals surface area contributed by atoms with Gasteiger partial charge >= 0.3 is 0 Å². The first kappa shape index (κ1) is 13.4. The Morgan fingerprint density at radius 2 is 2.11 bits per heavy atom. The number of hydrogen-bond acceptors (Lipinski definition) is 3. The van der Waals surface area contributed by atoms with E-state index in [9.17, 15) is 8.42 Å². The minimum absolute atomic E-state index is 0.0566. The summed E-state index contributed by atoms with van der Waals surface area (Å²) in [7, 11) is -3.20. The van der Waals surface area contributed by atoms with Crippen LogP contribution in [0, 0.1) is 0 Å². The highest BCUT2D eigenvalue weighted by Gasteiger charge is 2.29. The zero-order chi connectivity index (χ0) is 13.2. The molecule has 18 heavy (non-hydrogen) atoms. The summed E-state index contributed by atoms with van der Waals surface area (Å²) < 4.78 is 26.1. The number of sulfonamides is 1. The number of rotatable bonds is 4. The lowest BCUT2D eigenvalue weighted by atomic mass is 9.99. The molecule has 1 aliphatic heterocycles. The number of unbranched alkanes of at least 4 members (excludes halogenated alkanes) is 1. The average molecular weight is 268 g/mol. The second kappa shape index (κ2) is 5.28. The molecule has 0 amide bonds. The minimum Gasteiger partial charge on any atom is -0.324 e. The first-order chi connectivity index (χ1) is 8.56. The van der Waals surface area contributed by atoms with Gasteiger partial charge in [0.05, 0.1) is 11.4 Å². The van der Waals surface area contributed by atoms with Crippen molar-refractivity contribution >= 4 is 15.7 Å². The van der Waals surface area contributed by atoms with E-state index in [0.717, 1.165) is 17.7 Å². The Morgan fingerprint density at radius 3 is 2.83 bits per heavy atom. The molecular formula is C13H20N2O2S. The Kier molecular flexibility index (Phi) is 3.92. The summed E-state index contributed by atoms with van der Waals surface area (Å²) in [4.78, 5) is 0. The minimum atomic E-state index is -3.20. The van der Waals surface area contributed by atoms with E-state index in [1.807, 2.05) is 31.2 Å². The average Bonchev–Trinajstić information content (AvgIpc) is 2.37. The van der Waals surface area contributed by atoms with E-state index in [1.165, 1.54) is 4.31 Å². The van der Waals surface area contributed by atoms with E-state index in [0.29, 0.717) is 19.4 Å². The second-order valence-corrected chi connectivity index (χ2v) is 6.71. The molecule has 1 aromatic carbocycles. The van der Waals surface area contributed by atoms with Crippen molar-refractivity contribution in [3.8, 4) is 0 Å². The van der Waals surface area contributed by atoms with Crippen LogP contribution in [-0.2, 0) is 10.0 Å². The fourth-order valence-electron chi connectivity index (χ4n) is 2.29. The van der Waals surface area contributed by atoms with Gasteiger partial charge in [-0.3, -0.25) is 4.31 Å². The summed E-state index contributed by atoms with van der Waals surface area (Å²) in [6, 6.07) is 7.47. The third kappa shape index (κ3) is 2.52. The summed E-state index contributed by atoms with van der Waals surface area (Å²) in [5.74, 6) is 0.215. The Labute approximate surface area is 109 Å². The molecule has 0 saturated carbocycles. The molecule has 0 spiro atoms. The van der Waals surface area contributed by atoms with Gasteiger partial charge in [0.15, 0.2) is 0 Å². The lowest BCUT2D eigenvalue weighted by Gasteiger charge is -2.33. The molecule has 1 aromatic rings. The van der Waals surface area contributed by atoms with Crippen LogP contribution in [0.15, 0.2) is 24.3 Å². The van der Waals surface area contributed by atoms with Crippen molar-refractivity contribution in [1.29, 1.82) is 0 Å². The van der Waals surface area contributed by atoms with Gasteiger partial charge in [0.25, 0.3) is 0 Å². The number of para-hydroxylation sites is 1. The standard InChI is InChI=1S/C13H20N2O2S/c1-2-3-10-18(16,17)15-9-8-12(14)11-6-4-5-7-13(11)15/h4-7,12H,2-3,8-10,14H2,1H3. The summed E-state index contributed by atoms with van der Waals surface area (Å²) in [5.41, 5.74) is 7.72. The number of hydrogen-bond donors (Lipinski definition) is 1. The van der Waals surface area contributed by atoms with Crippen LogP contribution in [0.1, 0.15) is 37.8 Å². The van der Waals surface area contributed by atoms with Gasteiger partial charge in [-0.05, 0) is 24.5 Å². The van der Waals surface area contributed by atoms with E-state index < -0.39 is 10.0 Å². The van der Waals surface area contributed by atoms with E-state index >= 15 is 0 Å². The molecule has 1 aliphatic rings. The van der Waals surface area contributed by atoms with Crippen molar-refractivity contribution in [2.45, 2.75) is 32.2 Å². The molecular weight excluding hydrogens is 248 g/mol. The molecule has 1 unspecified atom stereocenters. The molecule has 5 heteroatoms. The molecule has 0 saturated heterocycles. The van der Waals surface area contributed by atoms with Crippen molar-refractivity contribution in [2.75, 3.05) is 16.6 Å². The van der Waals surface area contributed by atoms with E-state index in [4.69, 9.17) is 5.73 Å². The molecule has 0 aliphatic carbocycles. The quantitative estimate of drug-likeness (QED) is 0.908.